The molecule has 110 valence electrons. The first-order valence-electron chi connectivity index (χ1n) is 6.30. The number of amides is 1. The van der Waals surface area contributed by atoms with Crippen LogP contribution in [0.15, 0.2) is 24.4 Å². The number of non-ortho nitro benzene ring substituents is 1. The number of nitrogen functional groups attached to an aromatic ring is 1. The summed E-state index contributed by atoms with van der Waals surface area (Å²) in [4.78, 5) is 22.4. The van der Waals surface area contributed by atoms with E-state index < -0.39 is 10.8 Å². The zero-order valence-electron chi connectivity index (χ0n) is 11.7. The molecule has 0 fully saturated rings. The highest BCUT2D eigenvalue weighted by molar-refractivity contribution is 6.08. The van der Waals surface area contributed by atoms with E-state index >= 15 is 0 Å². The minimum Gasteiger partial charge on any atom is -0.398 e. The molecular weight excluding hydrogens is 274 g/mol. The molecule has 0 unspecified atom stereocenters. The van der Waals surface area contributed by atoms with Crippen LogP contribution < -0.4 is 11.1 Å². The van der Waals surface area contributed by atoms with E-state index in [1.165, 1.54) is 12.1 Å². The highest BCUT2D eigenvalue weighted by Gasteiger charge is 2.17. The Balaban J connectivity index is 2.31. The zero-order valence-corrected chi connectivity index (χ0v) is 11.7. The fourth-order valence-corrected chi connectivity index (χ4v) is 1.94. The van der Waals surface area contributed by atoms with Gasteiger partial charge >= 0.3 is 0 Å². The summed E-state index contributed by atoms with van der Waals surface area (Å²) in [5, 5.41) is 17.7. The van der Waals surface area contributed by atoms with Crippen molar-refractivity contribution in [3.63, 3.8) is 0 Å². The van der Waals surface area contributed by atoms with Gasteiger partial charge in [-0.25, -0.2) is 0 Å². The first kappa shape index (κ1) is 14.5. The SMILES string of the molecule is CCc1nn(C)cc1NC(=O)c1cc([N+](=O)[O-])ccc1N. The van der Waals surface area contributed by atoms with Crippen molar-refractivity contribution in [2.24, 2.45) is 7.05 Å². The van der Waals surface area contributed by atoms with Gasteiger partial charge in [0.05, 0.1) is 21.9 Å². The van der Waals surface area contributed by atoms with Crippen molar-refractivity contribution in [3.05, 3.63) is 45.8 Å². The Morgan fingerprint density at radius 2 is 2.24 bits per heavy atom. The molecule has 1 heterocycles. The maximum atomic E-state index is 12.2. The lowest BCUT2D eigenvalue weighted by molar-refractivity contribution is -0.384. The van der Waals surface area contributed by atoms with Crippen LogP contribution in [0.1, 0.15) is 23.0 Å². The summed E-state index contributed by atoms with van der Waals surface area (Å²) >= 11 is 0. The van der Waals surface area contributed by atoms with Crippen LogP contribution in [0.25, 0.3) is 0 Å². The van der Waals surface area contributed by atoms with Crippen molar-refractivity contribution < 1.29 is 9.72 Å². The third kappa shape index (κ3) is 2.99. The molecule has 2 rings (SSSR count). The maximum Gasteiger partial charge on any atom is 0.270 e. The predicted molar refractivity (Wildman–Crippen MR) is 78.0 cm³/mol. The number of aromatic nitrogens is 2. The molecule has 0 radical (unpaired) electrons. The van der Waals surface area contributed by atoms with Crippen LogP contribution in [0.2, 0.25) is 0 Å². The number of hydrogen-bond acceptors (Lipinski definition) is 5. The van der Waals surface area contributed by atoms with Crippen molar-refractivity contribution in [2.45, 2.75) is 13.3 Å². The molecule has 0 atom stereocenters. The van der Waals surface area contributed by atoms with Gasteiger partial charge in [0.25, 0.3) is 11.6 Å². The summed E-state index contributed by atoms with van der Waals surface area (Å²) in [5.41, 5.74) is 7.07. The minimum atomic E-state index is -0.572. The topological polar surface area (TPSA) is 116 Å². The fraction of sp³-hybridized carbons (Fsp3) is 0.231. The van der Waals surface area contributed by atoms with E-state index in [4.69, 9.17) is 5.73 Å². The van der Waals surface area contributed by atoms with Crippen molar-refractivity contribution in [2.75, 3.05) is 11.1 Å². The molecule has 3 N–H and O–H groups in total. The van der Waals surface area contributed by atoms with E-state index in [9.17, 15) is 14.9 Å². The molecule has 21 heavy (non-hydrogen) atoms. The van der Waals surface area contributed by atoms with Gasteiger partial charge < -0.3 is 11.1 Å². The number of anilines is 2. The molecule has 0 aliphatic carbocycles. The van der Waals surface area contributed by atoms with Crippen LogP contribution in [0.4, 0.5) is 17.1 Å². The molecule has 0 aliphatic rings. The molecule has 1 aromatic heterocycles. The summed E-state index contributed by atoms with van der Waals surface area (Å²) in [7, 11) is 1.75. The van der Waals surface area contributed by atoms with E-state index in [0.29, 0.717) is 12.1 Å². The van der Waals surface area contributed by atoms with Crippen molar-refractivity contribution in [1.29, 1.82) is 0 Å². The number of nitrogens with zero attached hydrogens (tertiary/aromatic N) is 3. The van der Waals surface area contributed by atoms with Gasteiger partial charge in [-0.1, -0.05) is 6.92 Å². The molecule has 0 saturated heterocycles. The number of nitro groups is 1. The van der Waals surface area contributed by atoms with Crippen molar-refractivity contribution in [3.8, 4) is 0 Å². The highest BCUT2D eigenvalue weighted by atomic mass is 16.6. The molecule has 0 bridgehead atoms. The van der Waals surface area contributed by atoms with Gasteiger partial charge in [0.1, 0.15) is 0 Å². The van der Waals surface area contributed by atoms with E-state index in [1.54, 1.807) is 17.9 Å². The molecule has 8 nitrogen and oxygen atoms in total. The number of benzene rings is 1. The number of carbonyl (C=O) groups is 1. The number of carbonyl (C=O) groups excluding carboxylic acids is 1. The number of rotatable bonds is 4. The predicted octanol–water partition coefficient (Wildman–Crippen LogP) is 1.73. The largest absolute Gasteiger partial charge is 0.398 e. The molecule has 0 spiro atoms. The zero-order chi connectivity index (χ0) is 15.6. The fourth-order valence-electron chi connectivity index (χ4n) is 1.94. The molecule has 1 amide bonds. The van der Waals surface area contributed by atoms with Crippen molar-refractivity contribution in [1.82, 2.24) is 9.78 Å². The quantitative estimate of drug-likeness (QED) is 0.505. The maximum absolute atomic E-state index is 12.2. The summed E-state index contributed by atoms with van der Waals surface area (Å²) in [6.07, 6.45) is 2.32. The third-order valence-electron chi connectivity index (χ3n) is 2.98. The average molecular weight is 289 g/mol. The lowest BCUT2D eigenvalue weighted by atomic mass is 10.1. The van der Waals surface area contributed by atoms with Crippen LogP contribution in [-0.4, -0.2) is 20.6 Å². The molecule has 1 aromatic carbocycles. The van der Waals surface area contributed by atoms with Crippen molar-refractivity contribution >= 4 is 23.0 Å². The highest BCUT2D eigenvalue weighted by Crippen LogP contribution is 2.22. The van der Waals surface area contributed by atoms with E-state index in [0.717, 1.165) is 11.8 Å². The van der Waals surface area contributed by atoms with Crippen LogP contribution in [-0.2, 0) is 13.5 Å². The Hall–Kier alpha value is -2.90. The second-order valence-electron chi connectivity index (χ2n) is 4.50. The number of nitrogens with one attached hydrogen (secondary N) is 1. The normalized spacial score (nSPS) is 10.4. The smallest absolute Gasteiger partial charge is 0.270 e. The average Bonchev–Trinajstić information content (AvgIpc) is 2.78. The Labute approximate surface area is 120 Å². The van der Waals surface area contributed by atoms with Crippen LogP contribution in [0.5, 0.6) is 0 Å². The first-order chi connectivity index (χ1) is 9.92. The van der Waals surface area contributed by atoms with Gasteiger partial charge in [-0.05, 0) is 12.5 Å². The summed E-state index contributed by atoms with van der Waals surface area (Å²) < 4.78 is 1.59. The standard InChI is InChI=1S/C13H15N5O3/c1-3-11-12(7-17(2)16-11)15-13(19)9-6-8(18(20)21)4-5-10(9)14/h4-7H,3,14H2,1-2H3,(H,15,19). The molecular formula is C13H15N5O3. The van der Waals surface area contributed by atoms with E-state index in [1.807, 2.05) is 6.92 Å². The van der Waals surface area contributed by atoms with Gasteiger partial charge in [0.2, 0.25) is 0 Å². The number of nitro benzene ring substituents is 1. The van der Waals surface area contributed by atoms with Gasteiger partial charge in [-0.15, -0.1) is 0 Å². The van der Waals surface area contributed by atoms with E-state index in [-0.39, 0.29) is 16.9 Å². The molecule has 0 saturated carbocycles. The number of hydrogen-bond donors (Lipinski definition) is 2. The second-order valence-corrected chi connectivity index (χ2v) is 4.50. The van der Waals surface area contributed by atoms with Crippen LogP contribution in [0.3, 0.4) is 0 Å². The number of nitrogens with two attached hydrogens (primary N) is 1. The molecule has 8 heteroatoms. The minimum absolute atomic E-state index is 0.0649. The van der Waals surface area contributed by atoms with Crippen LogP contribution >= 0.6 is 0 Å². The van der Waals surface area contributed by atoms with Gasteiger partial charge in [-0.2, -0.15) is 5.10 Å². The Kier molecular flexibility index (Phi) is 3.88. The van der Waals surface area contributed by atoms with E-state index in [2.05, 4.69) is 10.4 Å². The Morgan fingerprint density at radius 1 is 1.52 bits per heavy atom. The first-order valence-corrected chi connectivity index (χ1v) is 6.30. The monoisotopic (exact) mass is 289 g/mol. The number of aryl methyl sites for hydroxylation is 2. The second kappa shape index (κ2) is 5.61. The molecule has 0 aliphatic heterocycles. The lowest BCUT2D eigenvalue weighted by Crippen LogP contribution is -2.15. The molecule has 2 aromatic rings. The Morgan fingerprint density at radius 3 is 2.86 bits per heavy atom. The Bertz CT molecular complexity index is 708. The summed E-state index contributed by atoms with van der Waals surface area (Å²) in [6, 6.07) is 3.76. The van der Waals surface area contributed by atoms with Gasteiger partial charge in [0, 0.05) is 31.1 Å². The summed E-state index contributed by atoms with van der Waals surface area (Å²) in [6.45, 7) is 1.92. The summed E-state index contributed by atoms with van der Waals surface area (Å²) in [5.74, 6) is -0.501. The third-order valence-corrected chi connectivity index (χ3v) is 2.98. The van der Waals surface area contributed by atoms with Gasteiger partial charge in [0.15, 0.2) is 0 Å². The van der Waals surface area contributed by atoms with Crippen LogP contribution in [0, 0.1) is 10.1 Å². The van der Waals surface area contributed by atoms with Gasteiger partial charge in [-0.3, -0.25) is 19.6 Å². The lowest BCUT2D eigenvalue weighted by Gasteiger charge is -2.07.